The number of fused-ring (bicyclic) bond motifs is 1. The number of aliphatic carboxylic acids is 1. The van der Waals surface area contributed by atoms with Crippen LogP contribution in [-0.4, -0.2) is 35.2 Å². The van der Waals surface area contributed by atoms with E-state index in [1.807, 2.05) is 54.7 Å². The van der Waals surface area contributed by atoms with Gasteiger partial charge in [0.1, 0.15) is 12.4 Å². The van der Waals surface area contributed by atoms with Crippen LogP contribution in [-0.2, 0) is 17.8 Å². The number of benzene rings is 3. The van der Waals surface area contributed by atoms with Crippen LogP contribution < -0.4 is 15.4 Å². The first kappa shape index (κ1) is 24.5. The van der Waals surface area contributed by atoms with Crippen molar-refractivity contribution in [1.82, 2.24) is 15.6 Å². The summed E-state index contributed by atoms with van der Waals surface area (Å²) in [5.41, 5.74) is 4.49. The van der Waals surface area contributed by atoms with E-state index in [1.165, 1.54) is 0 Å². The molecule has 0 aliphatic heterocycles. The van der Waals surface area contributed by atoms with Crippen molar-refractivity contribution in [1.29, 1.82) is 0 Å². The van der Waals surface area contributed by atoms with Crippen molar-refractivity contribution in [2.45, 2.75) is 38.5 Å². The van der Waals surface area contributed by atoms with Crippen molar-refractivity contribution in [3.8, 4) is 5.75 Å². The number of nitrogens with one attached hydrogen (secondary N) is 3. The Morgan fingerprint density at radius 1 is 0.971 bits per heavy atom. The van der Waals surface area contributed by atoms with Crippen LogP contribution in [0.15, 0.2) is 85.1 Å². The highest BCUT2D eigenvalue weighted by Crippen LogP contribution is 2.21. The number of hydrogen-bond donors (Lipinski definition) is 4. The van der Waals surface area contributed by atoms with Gasteiger partial charge in [-0.1, -0.05) is 60.7 Å². The van der Waals surface area contributed by atoms with Crippen LogP contribution in [0.5, 0.6) is 5.75 Å². The van der Waals surface area contributed by atoms with E-state index in [9.17, 15) is 9.90 Å². The summed E-state index contributed by atoms with van der Waals surface area (Å²) in [7, 11) is 0. The Hall–Kier alpha value is -3.61. The lowest BCUT2D eigenvalue weighted by Crippen LogP contribution is -2.38. The zero-order valence-corrected chi connectivity index (χ0v) is 20.0. The minimum atomic E-state index is -0.795. The molecule has 0 spiro atoms. The predicted molar refractivity (Wildman–Crippen MR) is 140 cm³/mol. The number of para-hydroxylation sites is 1. The van der Waals surface area contributed by atoms with Gasteiger partial charge in [0, 0.05) is 42.3 Å². The first-order valence-electron chi connectivity index (χ1n) is 12.1. The van der Waals surface area contributed by atoms with E-state index in [0.717, 1.165) is 39.9 Å². The van der Waals surface area contributed by atoms with Gasteiger partial charge in [0.05, 0.1) is 6.42 Å². The molecule has 4 rings (SSSR count). The number of carboxylic acids is 1. The van der Waals surface area contributed by atoms with Gasteiger partial charge in [-0.3, -0.25) is 4.79 Å². The van der Waals surface area contributed by atoms with Crippen molar-refractivity contribution < 1.29 is 14.6 Å². The lowest BCUT2D eigenvalue weighted by molar-refractivity contribution is -0.137. The third kappa shape index (κ3) is 7.18. The second kappa shape index (κ2) is 12.2. The molecule has 3 aromatic carbocycles. The molecule has 0 fully saturated rings. The molecule has 6 heteroatoms. The van der Waals surface area contributed by atoms with Gasteiger partial charge in [0.15, 0.2) is 0 Å². The second-order valence-corrected chi connectivity index (χ2v) is 8.84. The fourth-order valence-electron chi connectivity index (χ4n) is 4.29. The van der Waals surface area contributed by atoms with E-state index in [2.05, 4.69) is 52.9 Å². The smallest absolute Gasteiger partial charge is 0.304 e. The van der Waals surface area contributed by atoms with Gasteiger partial charge in [-0.2, -0.15) is 0 Å². The minimum absolute atomic E-state index is 0.0792. The number of carboxylic acid groups (broad SMARTS) is 1. The normalized spacial score (nSPS) is 12.9. The lowest BCUT2D eigenvalue weighted by Gasteiger charge is -2.19. The van der Waals surface area contributed by atoms with Gasteiger partial charge in [0.2, 0.25) is 0 Å². The summed E-state index contributed by atoms with van der Waals surface area (Å²) in [6.45, 7) is 4.06. The number of H-pyrrole nitrogens is 1. The minimum Gasteiger partial charge on any atom is -0.489 e. The molecule has 0 aliphatic rings. The Morgan fingerprint density at radius 2 is 1.74 bits per heavy atom. The van der Waals surface area contributed by atoms with Crippen LogP contribution in [0.3, 0.4) is 0 Å². The van der Waals surface area contributed by atoms with E-state index in [4.69, 9.17) is 4.74 Å². The largest absolute Gasteiger partial charge is 0.489 e. The summed E-state index contributed by atoms with van der Waals surface area (Å²) < 4.78 is 5.96. The predicted octanol–water partition coefficient (Wildman–Crippen LogP) is 5.07. The third-order valence-corrected chi connectivity index (χ3v) is 6.18. The van der Waals surface area contributed by atoms with E-state index in [1.54, 1.807) is 0 Å². The molecule has 0 aliphatic carbocycles. The van der Waals surface area contributed by atoms with Gasteiger partial charge in [0.25, 0.3) is 0 Å². The molecular formula is C29H33N3O3. The van der Waals surface area contributed by atoms with E-state index >= 15 is 0 Å². The second-order valence-electron chi connectivity index (χ2n) is 8.84. The number of hydrogen-bond acceptors (Lipinski definition) is 4. The van der Waals surface area contributed by atoms with Crippen molar-refractivity contribution in [2.75, 3.05) is 13.1 Å². The average molecular weight is 472 g/mol. The van der Waals surface area contributed by atoms with Gasteiger partial charge in [-0.15, -0.1) is 0 Å². The first-order chi connectivity index (χ1) is 17.1. The molecule has 1 unspecified atom stereocenters. The van der Waals surface area contributed by atoms with E-state index in [-0.39, 0.29) is 18.5 Å². The maximum atomic E-state index is 11.4. The van der Waals surface area contributed by atoms with Crippen molar-refractivity contribution in [2.24, 2.45) is 0 Å². The maximum Gasteiger partial charge on any atom is 0.304 e. The quantitative estimate of drug-likeness (QED) is 0.205. The first-order valence-corrected chi connectivity index (χ1v) is 12.1. The molecule has 0 bridgehead atoms. The molecule has 0 saturated carbocycles. The zero-order valence-electron chi connectivity index (χ0n) is 20.0. The number of aromatic amines is 1. The Balaban J connectivity index is 1.26. The van der Waals surface area contributed by atoms with Gasteiger partial charge in [-0.05, 0) is 48.2 Å². The van der Waals surface area contributed by atoms with Gasteiger partial charge >= 0.3 is 5.97 Å². The molecular weight excluding hydrogens is 438 g/mol. The molecule has 4 aromatic rings. The van der Waals surface area contributed by atoms with E-state index in [0.29, 0.717) is 19.6 Å². The Bertz CT molecular complexity index is 1220. The Kier molecular flexibility index (Phi) is 8.54. The summed E-state index contributed by atoms with van der Waals surface area (Å²) in [6.07, 6.45) is 2.72. The Labute approximate surface area is 206 Å². The molecule has 182 valence electrons. The van der Waals surface area contributed by atoms with Crippen LogP contribution in [0.25, 0.3) is 10.9 Å². The van der Waals surface area contributed by atoms with Crippen molar-refractivity contribution >= 4 is 16.9 Å². The summed E-state index contributed by atoms with van der Waals surface area (Å²) in [6, 6.07) is 26.4. The van der Waals surface area contributed by atoms with Crippen LogP contribution in [0.4, 0.5) is 0 Å². The van der Waals surface area contributed by atoms with Crippen molar-refractivity contribution in [3.63, 3.8) is 0 Å². The van der Waals surface area contributed by atoms with E-state index < -0.39 is 5.97 Å². The third-order valence-electron chi connectivity index (χ3n) is 6.18. The number of ether oxygens (including phenoxy) is 1. The van der Waals surface area contributed by atoms with Crippen molar-refractivity contribution in [3.05, 3.63) is 102 Å². The maximum absolute atomic E-state index is 11.4. The zero-order chi connectivity index (χ0) is 24.5. The molecule has 2 atom stereocenters. The molecule has 6 nitrogen and oxygen atoms in total. The summed E-state index contributed by atoms with van der Waals surface area (Å²) in [4.78, 5) is 14.7. The van der Waals surface area contributed by atoms with Gasteiger partial charge in [-0.25, -0.2) is 0 Å². The highest BCUT2D eigenvalue weighted by molar-refractivity contribution is 5.83. The standard InChI is InChI=1S/C29H33N3O3/c1-21(23-10-7-11-26(17-23)35-20-22-8-3-2-4-9-22)30-14-15-31-25(18-29(33)34)16-24-19-32-28-13-6-5-12-27(24)28/h2-13,17,19,21,25,30-32H,14-16,18,20H2,1H3,(H,33,34)/t21?,25-/m0/s1. The van der Waals surface area contributed by atoms with Crippen LogP contribution in [0.2, 0.25) is 0 Å². The monoisotopic (exact) mass is 471 g/mol. The molecule has 35 heavy (non-hydrogen) atoms. The SMILES string of the molecule is CC(NCCN[C@H](CC(=O)O)Cc1c[nH]c2ccccc12)c1cccc(OCc2ccccc2)c1. The molecule has 1 heterocycles. The average Bonchev–Trinajstić information content (AvgIpc) is 3.28. The Morgan fingerprint density at radius 3 is 2.57 bits per heavy atom. The summed E-state index contributed by atoms with van der Waals surface area (Å²) in [5, 5.41) is 17.5. The highest BCUT2D eigenvalue weighted by atomic mass is 16.5. The van der Waals surface area contributed by atoms with Crippen LogP contribution >= 0.6 is 0 Å². The van der Waals surface area contributed by atoms with Gasteiger partial charge < -0.3 is 25.5 Å². The molecule has 1 aromatic heterocycles. The molecule has 0 amide bonds. The fourth-order valence-corrected chi connectivity index (χ4v) is 4.29. The lowest BCUT2D eigenvalue weighted by atomic mass is 10.0. The summed E-state index contributed by atoms with van der Waals surface area (Å²) >= 11 is 0. The van der Waals surface area contributed by atoms with Crippen LogP contribution in [0.1, 0.15) is 36.1 Å². The number of aromatic nitrogens is 1. The number of carbonyl (C=O) groups is 1. The highest BCUT2D eigenvalue weighted by Gasteiger charge is 2.16. The topological polar surface area (TPSA) is 86.4 Å². The number of rotatable bonds is 13. The molecule has 0 saturated heterocycles. The fraction of sp³-hybridized carbons (Fsp3) is 0.276. The molecule has 4 N–H and O–H groups in total. The summed E-state index contributed by atoms with van der Waals surface area (Å²) in [5.74, 6) is 0.0503. The van der Waals surface area contributed by atoms with Crippen LogP contribution in [0, 0.1) is 0 Å². The molecule has 0 radical (unpaired) electrons.